The Labute approximate surface area is 221 Å². The zero-order chi connectivity index (χ0) is 26.1. The van der Waals surface area contributed by atoms with Gasteiger partial charge in [0.05, 0.1) is 6.54 Å². The van der Waals surface area contributed by atoms with Gasteiger partial charge in [-0.3, -0.25) is 4.79 Å². The van der Waals surface area contributed by atoms with Gasteiger partial charge in [-0.2, -0.15) is 4.98 Å². The lowest BCUT2D eigenvalue weighted by molar-refractivity contribution is 0.312. The van der Waals surface area contributed by atoms with Crippen molar-refractivity contribution in [1.29, 1.82) is 0 Å². The molecule has 1 fully saturated rings. The van der Waals surface area contributed by atoms with Gasteiger partial charge in [0, 0.05) is 49.9 Å². The first kappa shape index (κ1) is 23.9. The molecule has 9 heteroatoms. The Hall–Kier alpha value is -4.50. The van der Waals surface area contributed by atoms with Crippen LogP contribution in [0.2, 0.25) is 0 Å². The summed E-state index contributed by atoms with van der Waals surface area (Å²) in [5.41, 5.74) is 4.70. The Kier molecular flexibility index (Phi) is 6.35. The Balaban J connectivity index is 1.36. The van der Waals surface area contributed by atoms with Crippen LogP contribution in [0, 0.1) is 6.92 Å². The number of fused-ring (bicyclic) bond motifs is 1. The normalized spacial score (nSPS) is 14.2. The number of aromatic nitrogens is 5. The molecule has 1 aliphatic heterocycles. The fourth-order valence-electron chi connectivity index (χ4n) is 4.96. The van der Waals surface area contributed by atoms with Gasteiger partial charge in [-0.15, -0.1) is 0 Å². The molecule has 4 heterocycles. The number of pyridine rings is 1. The van der Waals surface area contributed by atoms with Gasteiger partial charge >= 0.3 is 0 Å². The maximum absolute atomic E-state index is 13.5. The van der Waals surface area contributed by atoms with Crippen molar-refractivity contribution in [3.05, 3.63) is 101 Å². The van der Waals surface area contributed by atoms with Gasteiger partial charge in [0.25, 0.3) is 5.56 Å². The minimum absolute atomic E-state index is 0.159. The molecular weight excluding hydrogens is 476 g/mol. The Morgan fingerprint density at radius 3 is 2.45 bits per heavy atom. The Morgan fingerprint density at radius 2 is 1.71 bits per heavy atom. The zero-order valence-corrected chi connectivity index (χ0v) is 21.6. The third-order valence-corrected chi connectivity index (χ3v) is 7.01. The van der Waals surface area contributed by atoms with E-state index in [2.05, 4.69) is 57.3 Å². The van der Waals surface area contributed by atoms with Gasteiger partial charge in [-0.05, 0) is 55.4 Å². The average Bonchev–Trinajstić information content (AvgIpc) is 3.21. The van der Waals surface area contributed by atoms with Crippen LogP contribution in [0.1, 0.15) is 11.1 Å². The molecular formula is C29H30N8O. The van der Waals surface area contributed by atoms with Gasteiger partial charge in [-0.1, -0.05) is 36.4 Å². The molecule has 0 atom stereocenters. The first-order chi connectivity index (χ1) is 18.6. The lowest BCUT2D eigenvalue weighted by Crippen LogP contribution is -2.44. The fraction of sp³-hybridized carbons (Fsp3) is 0.241. The summed E-state index contributed by atoms with van der Waals surface area (Å²) in [5.74, 6) is 1.04. The van der Waals surface area contributed by atoms with E-state index in [0.29, 0.717) is 29.3 Å². The molecule has 2 aromatic carbocycles. The molecule has 1 aliphatic rings. The predicted molar refractivity (Wildman–Crippen MR) is 151 cm³/mol. The third-order valence-electron chi connectivity index (χ3n) is 7.01. The van der Waals surface area contributed by atoms with Crippen molar-refractivity contribution in [2.75, 3.05) is 43.4 Å². The number of benzene rings is 2. The number of nitrogens with zero attached hydrogens (tertiary/aromatic N) is 7. The summed E-state index contributed by atoms with van der Waals surface area (Å²) < 4.78 is 3.44. The highest BCUT2D eigenvalue weighted by atomic mass is 16.1. The van der Waals surface area contributed by atoms with Crippen molar-refractivity contribution >= 4 is 28.4 Å². The number of aryl methyl sites for hydroxylation is 1. The van der Waals surface area contributed by atoms with Crippen LogP contribution in [-0.2, 0) is 6.54 Å². The van der Waals surface area contributed by atoms with Gasteiger partial charge in [0.15, 0.2) is 11.5 Å². The minimum atomic E-state index is -0.159. The molecule has 0 bridgehead atoms. The first-order valence-corrected chi connectivity index (χ1v) is 12.8. The number of hydrogen-bond acceptors (Lipinski definition) is 7. The molecule has 0 radical (unpaired) electrons. The molecule has 3 aromatic heterocycles. The van der Waals surface area contributed by atoms with Crippen molar-refractivity contribution in [3.63, 3.8) is 0 Å². The molecule has 0 unspecified atom stereocenters. The van der Waals surface area contributed by atoms with Crippen LogP contribution >= 0.6 is 0 Å². The lowest BCUT2D eigenvalue weighted by Gasteiger charge is -2.35. The van der Waals surface area contributed by atoms with E-state index in [0.717, 1.165) is 37.4 Å². The molecule has 5 aromatic rings. The number of rotatable bonds is 6. The van der Waals surface area contributed by atoms with E-state index in [1.54, 1.807) is 21.8 Å². The maximum atomic E-state index is 13.5. The third kappa shape index (κ3) is 4.64. The van der Waals surface area contributed by atoms with Crippen LogP contribution in [0.25, 0.3) is 16.9 Å². The maximum Gasteiger partial charge on any atom is 0.278 e. The van der Waals surface area contributed by atoms with E-state index in [1.807, 2.05) is 48.5 Å². The number of piperazine rings is 1. The van der Waals surface area contributed by atoms with E-state index < -0.39 is 0 Å². The molecule has 38 heavy (non-hydrogen) atoms. The summed E-state index contributed by atoms with van der Waals surface area (Å²) in [7, 11) is 2.16. The topological polar surface area (TPSA) is 84.1 Å². The molecule has 0 amide bonds. The second kappa shape index (κ2) is 10.1. The highest BCUT2D eigenvalue weighted by molar-refractivity contribution is 5.77. The summed E-state index contributed by atoms with van der Waals surface area (Å²) in [6, 6.07) is 21.8. The number of anilines is 3. The van der Waals surface area contributed by atoms with Crippen LogP contribution in [0.3, 0.4) is 0 Å². The van der Waals surface area contributed by atoms with E-state index in [1.165, 1.54) is 11.3 Å². The van der Waals surface area contributed by atoms with Crippen LogP contribution in [0.5, 0.6) is 0 Å². The van der Waals surface area contributed by atoms with Gasteiger partial charge in [0.1, 0.15) is 5.39 Å². The highest BCUT2D eigenvalue weighted by Crippen LogP contribution is 2.26. The monoisotopic (exact) mass is 506 g/mol. The van der Waals surface area contributed by atoms with Crippen LogP contribution in [-0.4, -0.2) is 62.4 Å². The second-order valence-electron chi connectivity index (χ2n) is 9.70. The SMILES string of the molecule is Cc1cc(Nc2ncc3c(=O)n(Cc4ccccc4)n(-c4ccccn4)c3n2)ccc1N1CCN(C)CC1. The Morgan fingerprint density at radius 1 is 0.921 bits per heavy atom. The van der Waals surface area contributed by atoms with Crippen molar-refractivity contribution < 1.29 is 0 Å². The molecule has 1 saturated heterocycles. The quantitative estimate of drug-likeness (QED) is 0.375. The zero-order valence-electron chi connectivity index (χ0n) is 21.6. The van der Waals surface area contributed by atoms with Crippen molar-refractivity contribution in [2.45, 2.75) is 13.5 Å². The van der Waals surface area contributed by atoms with Crippen molar-refractivity contribution in [3.8, 4) is 5.82 Å². The number of nitrogens with one attached hydrogen (secondary N) is 1. The fourth-order valence-corrected chi connectivity index (χ4v) is 4.96. The van der Waals surface area contributed by atoms with Crippen molar-refractivity contribution in [1.82, 2.24) is 29.2 Å². The summed E-state index contributed by atoms with van der Waals surface area (Å²) in [5, 5.41) is 3.78. The molecule has 0 saturated carbocycles. The Bertz CT molecular complexity index is 1620. The van der Waals surface area contributed by atoms with Crippen LogP contribution < -0.4 is 15.8 Å². The molecule has 0 aliphatic carbocycles. The molecule has 192 valence electrons. The largest absolute Gasteiger partial charge is 0.369 e. The summed E-state index contributed by atoms with van der Waals surface area (Å²) in [6.45, 7) is 6.70. The number of hydrogen-bond donors (Lipinski definition) is 1. The van der Waals surface area contributed by atoms with Gasteiger partial charge in [0.2, 0.25) is 5.95 Å². The molecule has 6 rings (SSSR count). The summed E-state index contributed by atoms with van der Waals surface area (Å²) in [4.78, 5) is 32.0. The van der Waals surface area contributed by atoms with E-state index in [-0.39, 0.29) is 5.56 Å². The smallest absolute Gasteiger partial charge is 0.278 e. The lowest BCUT2D eigenvalue weighted by atomic mass is 10.1. The number of likely N-dealkylation sites (N-methyl/N-ethyl adjacent to an activating group) is 1. The van der Waals surface area contributed by atoms with E-state index in [9.17, 15) is 4.79 Å². The standard InChI is InChI=1S/C29H30N8O/c1-21-18-23(11-12-25(21)35-16-14-34(2)15-17-35)32-29-31-19-24-27(33-29)37(26-10-6-7-13-30-26)36(28(24)38)20-22-8-4-3-5-9-22/h3-13,18-19H,14-17,20H2,1-2H3,(H,31,32,33). The van der Waals surface area contributed by atoms with E-state index >= 15 is 0 Å². The van der Waals surface area contributed by atoms with Gasteiger partial charge < -0.3 is 15.1 Å². The highest BCUT2D eigenvalue weighted by Gasteiger charge is 2.19. The molecule has 1 N–H and O–H groups in total. The average molecular weight is 507 g/mol. The molecule has 0 spiro atoms. The minimum Gasteiger partial charge on any atom is -0.369 e. The van der Waals surface area contributed by atoms with Crippen LogP contribution in [0.15, 0.2) is 83.9 Å². The molecule has 9 nitrogen and oxygen atoms in total. The second-order valence-corrected chi connectivity index (χ2v) is 9.70. The van der Waals surface area contributed by atoms with Crippen molar-refractivity contribution in [2.24, 2.45) is 0 Å². The van der Waals surface area contributed by atoms with E-state index in [4.69, 9.17) is 4.98 Å². The summed E-state index contributed by atoms with van der Waals surface area (Å²) >= 11 is 0. The summed E-state index contributed by atoms with van der Waals surface area (Å²) in [6.07, 6.45) is 3.31. The van der Waals surface area contributed by atoms with Gasteiger partial charge in [-0.25, -0.2) is 19.3 Å². The first-order valence-electron chi connectivity index (χ1n) is 12.8. The predicted octanol–water partition coefficient (Wildman–Crippen LogP) is 3.83. The van der Waals surface area contributed by atoms with Crippen LogP contribution in [0.4, 0.5) is 17.3 Å².